The molecule has 3 heteroatoms. The molecule has 0 aromatic heterocycles. The molecular weight excluding hydrogens is 140 g/mol. The first-order chi connectivity index (χ1) is 5.29. The van der Waals surface area contributed by atoms with Gasteiger partial charge in [-0.05, 0) is 20.3 Å². The molecule has 0 bridgehead atoms. The van der Waals surface area contributed by atoms with E-state index >= 15 is 0 Å². The number of rotatable bonds is 3. The Balaban J connectivity index is 2.70. The van der Waals surface area contributed by atoms with E-state index in [4.69, 9.17) is 4.74 Å². The van der Waals surface area contributed by atoms with Gasteiger partial charge in [-0.2, -0.15) is 10.5 Å². The maximum Gasteiger partial charge on any atom is 0.165 e. The Bertz CT molecular complexity index is 206. The van der Waals surface area contributed by atoms with E-state index in [-0.39, 0.29) is 0 Å². The summed E-state index contributed by atoms with van der Waals surface area (Å²) >= 11 is 0. The third-order valence-electron chi connectivity index (χ3n) is 1.53. The summed E-state index contributed by atoms with van der Waals surface area (Å²) < 4.78 is 5.37. The number of hydrogen-bond acceptors (Lipinski definition) is 2. The fourth-order valence-corrected chi connectivity index (χ4v) is 0.998. The van der Waals surface area contributed by atoms with E-state index in [1.807, 2.05) is 20.8 Å². The van der Waals surface area contributed by atoms with Crippen LogP contribution in [-0.4, -0.2) is 12.3 Å². The van der Waals surface area contributed by atoms with Gasteiger partial charge >= 0.3 is 0 Å². The first-order valence-electron chi connectivity index (χ1n) is 3.91. The Morgan fingerprint density at radius 3 is 2.64 bits per heavy atom. The second kappa shape index (κ2) is 3.42. The summed E-state index contributed by atoms with van der Waals surface area (Å²) in [5.74, 6) is 0.870. The zero-order valence-corrected chi connectivity index (χ0v) is 7.22. The third kappa shape index (κ3) is 1.53. The lowest BCUT2D eigenvalue weighted by atomic mass is 10.2. The van der Waals surface area contributed by atoms with Crippen molar-refractivity contribution in [1.82, 2.24) is 5.43 Å². The molecule has 0 saturated heterocycles. The van der Waals surface area contributed by atoms with Crippen LogP contribution in [0.2, 0.25) is 0 Å². The minimum atomic E-state index is 0.682. The van der Waals surface area contributed by atoms with Crippen molar-refractivity contribution in [3.05, 3.63) is 11.5 Å². The molecule has 61 valence electrons. The summed E-state index contributed by atoms with van der Waals surface area (Å²) in [4.78, 5) is 0. The van der Waals surface area contributed by atoms with Gasteiger partial charge in [-0.3, -0.25) is 0 Å². The predicted molar refractivity (Wildman–Crippen MR) is 44.2 cm³/mol. The summed E-state index contributed by atoms with van der Waals surface area (Å²) in [5.41, 5.74) is 5.79. The highest BCUT2D eigenvalue weighted by atomic mass is 16.5. The minimum Gasteiger partial charge on any atom is -0.490 e. The predicted octanol–water partition coefficient (Wildman–Crippen LogP) is 1.64. The summed E-state index contributed by atoms with van der Waals surface area (Å²) in [6.45, 7) is 6.61. The van der Waals surface area contributed by atoms with Crippen LogP contribution in [0.3, 0.4) is 0 Å². The molecule has 3 nitrogen and oxygen atoms in total. The van der Waals surface area contributed by atoms with Crippen molar-refractivity contribution in [3.63, 3.8) is 0 Å². The van der Waals surface area contributed by atoms with E-state index in [1.54, 1.807) is 0 Å². The molecule has 0 unspecified atom stereocenters. The summed E-state index contributed by atoms with van der Waals surface area (Å²) in [6, 6.07) is 0. The van der Waals surface area contributed by atoms with E-state index < -0.39 is 0 Å². The standard InChI is InChI=1S/C8H13N2O/c1-4-7-8(11-5-2)6(3)9-10-7/h4-5H2,1-3H3. The fourth-order valence-electron chi connectivity index (χ4n) is 0.998. The van der Waals surface area contributed by atoms with Crippen LogP contribution < -0.4 is 5.43 Å². The van der Waals surface area contributed by atoms with Crippen molar-refractivity contribution in [3.8, 4) is 0 Å². The number of nitrogens with zero attached hydrogens (tertiary/aromatic N) is 2. The van der Waals surface area contributed by atoms with E-state index in [0.29, 0.717) is 6.61 Å². The summed E-state index contributed by atoms with van der Waals surface area (Å²) in [6.07, 6.45) is 0.885. The van der Waals surface area contributed by atoms with Crippen molar-refractivity contribution >= 4 is 5.71 Å². The van der Waals surface area contributed by atoms with Crippen molar-refractivity contribution in [2.24, 2.45) is 5.10 Å². The fraction of sp³-hybridized carbons (Fsp3) is 0.625. The number of ether oxygens (including phenoxy) is 1. The van der Waals surface area contributed by atoms with Crippen LogP contribution in [-0.2, 0) is 4.74 Å². The van der Waals surface area contributed by atoms with Crippen LogP contribution in [0.4, 0.5) is 0 Å². The lowest BCUT2D eigenvalue weighted by Gasteiger charge is -2.04. The van der Waals surface area contributed by atoms with Gasteiger partial charge in [0.25, 0.3) is 0 Å². The molecule has 1 aliphatic rings. The lowest BCUT2D eigenvalue weighted by Crippen LogP contribution is -2.03. The van der Waals surface area contributed by atoms with Crippen molar-refractivity contribution in [2.45, 2.75) is 27.2 Å². The third-order valence-corrected chi connectivity index (χ3v) is 1.53. The Hall–Kier alpha value is -0.990. The van der Waals surface area contributed by atoms with Gasteiger partial charge in [-0.15, -0.1) is 0 Å². The van der Waals surface area contributed by atoms with Crippen LogP contribution in [0, 0.1) is 0 Å². The smallest absolute Gasteiger partial charge is 0.165 e. The maximum atomic E-state index is 5.37. The number of allylic oxidation sites excluding steroid dienone is 2. The van der Waals surface area contributed by atoms with Gasteiger partial charge in [0.15, 0.2) is 5.76 Å². The Morgan fingerprint density at radius 1 is 1.36 bits per heavy atom. The van der Waals surface area contributed by atoms with Crippen LogP contribution in [0.5, 0.6) is 0 Å². The SMILES string of the molecule is CCOC1=C(C)[N]N=C1CC. The van der Waals surface area contributed by atoms with Gasteiger partial charge < -0.3 is 4.74 Å². The zero-order chi connectivity index (χ0) is 8.27. The first-order valence-corrected chi connectivity index (χ1v) is 3.91. The second-order valence-corrected chi connectivity index (χ2v) is 2.35. The van der Waals surface area contributed by atoms with Gasteiger partial charge in [-0.1, -0.05) is 6.92 Å². The molecule has 1 radical (unpaired) electrons. The van der Waals surface area contributed by atoms with Gasteiger partial charge in [0.1, 0.15) is 11.4 Å². The molecule has 11 heavy (non-hydrogen) atoms. The monoisotopic (exact) mass is 153 g/mol. The Morgan fingerprint density at radius 2 is 2.09 bits per heavy atom. The molecule has 1 rings (SSSR count). The van der Waals surface area contributed by atoms with Crippen molar-refractivity contribution in [1.29, 1.82) is 0 Å². The molecule has 0 amide bonds. The van der Waals surface area contributed by atoms with E-state index in [2.05, 4.69) is 10.5 Å². The van der Waals surface area contributed by atoms with E-state index in [9.17, 15) is 0 Å². The van der Waals surface area contributed by atoms with E-state index in [0.717, 1.165) is 23.6 Å². The lowest BCUT2D eigenvalue weighted by molar-refractivity contribution is 0.246. The average Bonchev–Trinajstić information content (AvgIpc) is 2.34. The Labute approximate surface area is 67.1 Å². The molecule has 1 heterocycles. The van der Waals surface area contributed by atoms with Crippen molar-refractivity contribution in [2.75, 3.05) is 6.61 Å². The summed E-state index contributed by atoms with van der Waals surface area (Å²) in [7, 11) is 0. The average molecular weight is 153 g/mol. The van der Waals surface area contributed by atoms with E-state index in [1.165, 1.54) is 0 Å². The largest absolute Gasteiger partial charge is 0.490 e. The van der Waals surface area contributed by atoms with Gasteiger partial charge in [0, 0.05) is 0 Å². The van der Waals surface area contributed by atoms with Crippen LogP contribution in [0.25, 0.3) is 0 Å². The zero-order valence-electron chi connectivity index (χ0n) is 7.22. The van der Waals surface area contributed by atoms with Gasteiger partial charge in [-0.25, -0.2) is 0 Å². The highest BCUT2D eigenvalue weighted by Gasteiger charge is 2.17. The molecule has 0 saturated carbocycles. The van der Waals surface area contributed by atoms with Gasteiger partial charge in [0.05, 0.1) is 6.61 Å². The molecule has 0 aliphatic carbocycles. The van der Waals surface area contributed by atoms with Crippen LogP contribution >= 0.6 is 0 Å². The topological polar surface area (TPSA) is 35.7 Å². The first kappa shape index (κ1) is 8.11. The quantitative estimate of drug-likeness (QED) is 0.607. The normalized spacial score (nSPS) is 16.5. The molecule has 0 N–H and O–H groups in total. The minimum absolute atomic E-state index is 0.682. The molecule has 0 spiro atoms. The highest BCUT2D eigenvalue weighted by Crippen LogP contribution is 2.15. The molecule has 0 fully saturated rings. The van der Waals surface area contributed by atoms with Gasteiger partial charge in [0.2, 0.25) is 0 Å². The molecule has 0 aromatic rings. The maximum absolute atomic E-state index is 5.37. The second-order valence-electron chi connectivity index (χ2n) is 2.35. The van der Waals surface area contributed by atoms with Crippen LogP contribution in [0.1, 0.15) is 27.2 Å². The Kier molecular flexibility index (Phi) is 2.52. The highest BCUT2D eigenvalue weighted by molar-refractivity contribution is 5.99. The molecular formula is C8H13N2O. The van der Waals surface area contributed by atoms with Crippen LogP contribution in [0.15, 0.2) is 16.6 Å². The summed E-state index contributed by atoms with van der Waals surface area (Å²) in [5, 5.41) is 3.98. The molecule has 0 aromatic carbocycles. The molecule has 0 atom stereocenters. The molecule has 1 aliphatic heterocycles. The number of hydrogen-bond donors (Lipinski definition) is 0. The van der Waals surface area contributed by atoms with Crippen molar-refractivity contribution < 1.29 is 4.74 Å².